The topological polar surface area (TPSA) is 4.93 Å². The summed E-state index contributed by atoms with van der Waals surface area (Å²) in [7, 11) is 0. The molecule has 3 aromatic rings. The summed E-state index contributed by atoms with van der Waals surface area (Å²) in [6.07, 6.45) is 8.81. The average molecular weight is 319 g/mol. The normalized spacial score (nSPS) is 15.8. The van der Waals surface area contributed by atoms with E-state index in [1.807, 2.05) is 0 Å². The quantitative estimate of drug-likeness (QED) is 0.485. The van der Waals surface area contributed by atoms with E-state index >= 15 is 0 Å². The molecule has 0 bridgehead atoms. The monoisotopic (exact) mass is 319 g/mol. The van der Waals surface area contributed by atoms with Gasteiger partial charge in [-0.2, -0.15) is 0 Å². The van der Waals surface area contributed by atoms with E-state index in [1.165, 1.54) is 54.0 Å². The molecule has 0 aliphatic heterocycles. The van der Waals surface area contributed by atoms with Crippen molar-refractivity contribution >= 4 is 23.0 Å². The maximum atomic E-state index is 5.85. The van der Waals surface area contributed by atoms with Gasteiger partial charge in [-0.3, -0.25) is 0 Å². The van der Waals surface area contributed by atoms with E-state index in [1.54, 1.807) is 0 Å². The molecule has 0 saturated heterocycles. The third-order valence-corrected chi connectivity index (χ3v) is 5.43. The molecule has 1 aromatic heterocycles. The van der Waals surface area contributed by atoms with Gasteiger partial charge in [0, 0.05) is 23.2 Å². The number of nitrogens with zero attached hydrogens (tertiary/aromatic N) is 1. The van der Waals surface area contributed by atoms with Crippen molar-refractivity contribution in [3.8, 4) is 11.1 Å². The zero-order chi connectivity index (χ0) is 15.6. The van der Waals surface area contributed by atoms with Crippen LogP contribution in [0.5, 0.6) is 0 Å². The molecule has 1 heterocycles. The van der Waals surface area contributed by atoms with E-state index in [-0.39, 0.29) is 0 Å². The van der Waals surface area contributed by atoms with Crippen molar-refractivity contribution in [3.05, 3.63) is 65.4 Å². The summed E-state index contributed by atoms with van der Waals surface area (Å²) in [5.74, 6) is 0. The molecule has 1 fully saturated rings. The molecule has 1 saturated carbocycles. The second-order valence-electron chi connectivity index (χ2n) is 6.46. The van der Waals surface area contributed by atoms with Crippen molar-refractivity contribution < 1.29 is 0 Å². The maximum absolute atomic E-state index is 5.85. The Morgan fingerprint density at radius 1 is 0.783 bits per heavy atom. The molecule has 1 nitrogen and oxygen atoms in total. The maximum Gasteiger partial charge on any atom is 0.114 e. The highest BCUT2D eigenvalue weighted by Crippen LogP contribution is 2.34. The van der Waals surface area contributed by atoms with Gasteiger partial charge in [0.25, 0.3) is 0 Å². The minimum absolute atomic E-state index is 0.559. The molecule has 0 atom stereocenters. The first-order valence-corrected chi connectivity index (χ1v) is 8.95. The molecule has 0 radical (unpaired) electrons. The summed E-state index contributed by atoms with van der Waals surface area (Å²) in [5, 5.41) is 2.46. The zero-order valence-corrected chi connectivity index (χ0v) is 14.1. The molecule has 2 aromatic carbocycles. The minimum atomic E-state index is 0.559. The number of hydrogen-bond acceptors (Lipinski definition) is 1. The Morgan fingerprint density at radius 3 is 2.17 bits per heavy atom. The first kappa shape index (κ1) is 14.6. The van der Waals surface area contributed by atoms with E-state index in [0.29, 0.717) is 6.04 Å². The first-order chi connectivity index (χ1) is 11.3. The fourth-order valence-corrected chi connectivity index (χ4v) is 4.17. The molecular formula is C21H21NS. The summed E-state index contributed by atoms with van der Waals surface area (Å²) in [4.78, 5) is 0. The molecule has 1 aliphatic carbocycles. The first-order valence-electron chi connectivity index (χ1n) is 8.54. The second kappa shape index (κ2) is 6.29. The highest BCUT2D eigenvalue weighted by Gasteiger charge is 2.17. The Bertz CT molecular complexity index is 873. The summed E-state index contributed by atoms with van der Waals surface area (Å²) in [6.45, 7) is 0. The lowest BCUT2D eigenvalue weighted by Gasteiger charge is -2.26. The third-order valence-electron chi connectivity index (χ3n) is 5.00. The SMILES string of the molecule is S=c1c2ccccc2c(-c2ccccc2)cn1C1CCCCC1. The molecule has 0 amide bonds. The number of fused-ring (bicyclic) bond motifs is 1. The molecule has 116 valence electrons. The highest BCUT2D eigenvalue weighted by molar-refractivity contribution is 7.71. The highest BCUT2D eigenvalue weighted by atomic mass is 32.1. The summed E-state index contributed by atoms with van der Waals surface area (Å²) in [5.41, 5.74) is 2.56. The van der Waals surface area contributed by atoms with Crippen LogP contribution >= 0.6 is 12.2 Å². The van der Waals surface area contributed by atoms with Crippen LogP contribution in [0.15, 0.2) is 60.8 Å². The summed E-state index contributed by atoms with van der Waals surface area (Å²) in [6, 6.07) is 19.8. The number of hydrogen-bond donors (Lipinski definition) is 0. The Morgan fingerprint density at radius 2 is 1.43 bits per heavy atom. The third kappa shape index (κ3) is 2.72. The average Bonchev–Trinajstić information content (AvgIpc) is 2.64. The predicted molar refractivity (Wildman–Crippen MR) is 100 cm³/mol. The van der Waals surface area contributed by atoms with Crippen LogP contribution < -0.4 is 0 Å². The van der Waals surface area contributed by atoms with Crippen molar-refractivity contribution in [2.75, 3.05) is 0 Å². The minimum Gasteiger partial charge on any atom is -0.335 e. The molecular weight excluding hydrogens is 298 g/mol. The summed E-state index contributed by atoms with van der Waals surface area (Å²) < 4.78 is 3.37. The van der Waals surface area contributed by atoms with Crippen molar-refractivity contribution in [1.29, 1.82) is 0 Å². The molecule has 1 aliphatic rings. The number of pyridine rings is 1. The van der Waals surface area contributed by atoms with E-state index in [2.05, 4.69) is 65.4 Å². The Kier molecular flexibility index (Phi) is 4.00. The Hall–Kier alpha value is -1.93. The number of rotatable bonds is 2. The van der Waals surface area contributed by atoms with Gasteiger partial charge < -0.3 is 4.57 Å². The van der Waals surface area contributed by atoms with Crippen molar-refractivity contribution in [2.45, 2.75) is 38.1 Å². The number of benzene rings is 2. The van der Waals surface area contributed by atoms with Gasteiger partial charge in [0.15, 0.2) is 0 Å². The van der Waals surface area contributed by atoms with Gasteiger partial charge in [-0.05, 0) is 23.8 Å². The Labute approximate surface area is 142 Å². The van der Waals surface area contributed by atoms with E-state index in [9.17, 15) is 0 Å². The van der Waals surface area contributed by atoms with Crippen LogP contribution in [-0.2, 0) is 0 Å². The molecule has 2 heteroatoms. The van der Waals surface area contributed by atoms with Gasteiger partial charge in [-0.15, -0.1) is 0 Å². The molecule has 4 rings (SSSR count). The van der Waals surface area contributed by atoms with Crippen LogP contribution in [0.25, 0.3) is 21.9 Å². The van der Waals surface area contributed by atoms with Gasteiger partial charge in [0.1, 0.15) is 4.64 Å². The van der Waals surface area contributed by atoms with Gasteiger partial charge >= 0.3 is 0 Å². The van der Waals surface area contributed by atoms with Crippen molar-refractivity contribution in [2.24, 2.45) is 0 Å². The van der Waals surface area contributed by atoms with Gasteiger partial charge in [0.2, 0.25) is 0 Å². The molecule has 23 heavy (non-hydrogen) atoms. The lowest BCUT2D eigenvalue weighted by atomic mass is 9.94. The lowest BCUT2D eigenvalue weighted by molar-refractivity contribution is 0.351. The zero-order valence-electron chi connectivity index (χ0n) is 13.2. The van der Waals surface area contributed by atoms with E-state index in [0.717, 1.165) is 4.64 Å². The largest absolute Gasteiger partial charge is 0.335 e. The smallest absolute Gasteiger partial charge is 0.114 e. The summed E-state index contributed by atoms with van der Waals surface area (Å²) >= 11 is 5.85. The molecule has 0 spiro atoms. The van der Waals surface area contributed by atoms with Crippen LogP contribution in [0.2, 0.25) is 0 Å². The van der Waals surface area contributed by atoms with Gasteiger partial charge in [-0.25, -0.2) is 0 Å². The molecule has 0 N–H and O–H groups in total. The second-order valence-corrected chi connectivity index (χ2v) is 6.85. The van der Waals surface area contributed by atoms with Crippen LogP contribution in [0.4, 0.5) is 0 Å². The van der Waals surface area contributed by atoms with Crippen molar-refractivity contribution in [3.63, 3.8) is 0 Å². The standard InChI is InChI=1S/C21H21NS/c23-21-19-14-8-7-13-18(19)20(16-9-3-1-4-10-16)15-22(21)17-11-5-2-6-12-17/h1,3-4,7-10,13-15,17H,2,5-6,11-12H2. The van der Waals surface area contributed by atoms with Crippen LogP contribution in [0.3, 0.4) is 0 Å². The fraction of sp³-hybridized carbons (Fsp3) is 0.286. The van der Waals surface area contributed by atoms with Crippen LogP contribution in [-0.4, -0.2) is 4.57 Å². The van der Waals surface area contributed by atoms with E-state index < -0.39 is 0 Å². The number of aromatic nitrogens is 1. The van der Waals surface area contributed by atoms with Gasteiger partial charge in [0.05, 0.1) is 0 Å². The van der Waals surface area contributed by atoms with Crippen LogP contribution in [0.1, 0.15) is 38.1 Å². The molecule has 0 unspecified atom stereocenters. The van der Waals surface area contributed by atoms with Gasteiger partial charge in [-0.1, -0.05) is 86.1 Å². The van der Waals surface area contributed by atoms with E-state index in [4.69, 9.17) is 12.2 Å². The van der Waals surface area contributed by atoms with Crippen LogP contribution in [0, 0.1) is 4.64 Å². The predicted octanol–water partition coefficient (Wildman–Crippen LogP) is 6.54. The fourth-order valence-electron chi connectivity index (χ4n) is 3.79. The van der Waals surface area contributed by atoms with Crippen molar-refractivity contribution in [1.82, 2.24) is 4.57 Å². The Balaban J connectivity index is 1.98. The lowest BCUT2D eigenvalue weighted by Crippen LogP contribution is -2.14.